The molecule has 0 spiro atoms. The zero-order chi connectivity index (χ0) is 13.1. The van der Waals surface area contributed by atoms with Crippen LogP contribution in [0, 0.1) is 24.1 Å². The Hall–Kier alpha value is -2.05. The van der Waals surface area contributed by atoms with Crippen LogP contribution in [-0.2, 0) is 0 Å². The second kappa shape index (κ2) is 5.07. The molecule has 0 aliphatic carbocycles. The molecule has 1 N–H and O–H groups in total. The average Bonchev–Trinajstić information content (AvgIpc) is 2.34. The Morgan fingerprint density at radius 1 is 1.17 bits per heavy atom. The molecule has 0 saturated heterocycles. The third kappa shape index (κ3) is 2.61. The molecule has 18 heavy (non-hydrogen) atoms. The molecular formula is C14H10ClFN2. The number of nitrogens with zero attached hydrogens (tertiary/aromatic N) is 1. The average molecular weight is 261 g/mol. The predicted molar refractivity (Wildman–Crippen MR) is 70.6 cm³/mol. The Labute approximate surface area is 110 Å². The minimum atomic E-state index is -0.438. The molecule has 2 nitrogen and oxygen atoms in total. The highest BCUT2D eigenvalue weighted by Gasteiger charge is 2.06. The van der Waals surface area contributed by atoms with Crippen LogP contribution in [0.15, 0.2) is 36.4 Å². The summed E-state index contributed by atoms with van der Waals surface area (Å²) < 4.78 is 13.0. The van der Waals surface area contributed by atoms with Gasteiger partial charge in [0.2, 0.25) is 0 Å². The van der Waals surface area contributed by atoms with E-state index in [-0.39, 0.29) is 5.56 Å². The summed E-state index contributed by atoms with van der Waals surface area (Å²) in [7, 11) is 0. The maximum absolute atomic E-state index is 13.0. The molecule has 0 aliphatic heterocycles. The van der Waals surface area contributed by atoms with Crippen molar-refractivity contribution in [1.29, 1.82) is 5.26 Å². The van der Waals surface area contributed by atoms with Gasteiger partial charge in [0.05, 0.1) is 22.0 Å². The summed E-state index contributed by atoms with van der Waals surface area (Å²) in [6.07, 6.45) is 0. The van der Waals surface area contributed by atoms with Gasteiger partial charge in [0.15, 0.2) is 0 Å². The number of aryl methyl sites for hydroxylation is 1. The van der Waals surface area contributed by atoms with Gasteiger partial charge in [-0.1, -0.05) is 17.7 Å². The number of hydrogen-bond donors (Lipinski definition) is 1. The fourth-order valence-corrected chi connectivity index (χ4v) is 1.87. The quantitative estimate of drug-likeness (QED) is 0.869. The van der Waals surface area contributed by atoms with Crippen LogP contribution >= 0.6 is 11.6 Å². The topological polar surface area (TPSA) is 35.8 Å². The van der Waals surface area contributed by atoms with Crippen molar-refractivity contribution in [3.05, 3.63) is 58.4 Å². The first-order valence-corrected chi connectivity index (χ1v) is 5.71. The van der Waals surface area contributed by atoms with Gasteiger partial charge >= 0.3 is 0 Å². The maximum atomic E-state index is 13.0. The van der Waals surface area contributed by atoms with Gasteiger partial charge in [0.1, 0.15) is 11.9 Å². The van der Waals surface area contributed by atoms with Crippen molar-refractivity contribution in [2.75, 3.05) is 5.32 Å². The normalized spacial score (nSPS) is 9.89. The van der Waals surface area contributed by atoms with Crippen LogP contribution in [-0.4, -0.2) is 0 Å². The number of benzene rings is 2. The molecule has 0 amide bonds. The van der Waals surface area contributed by atoms with Gasteiger partial charge in [-0.2, -0.15) is 5.26 Å². The molecule has 0 aromatic heterocycles. The lowest BCUT2D eigenvalue weighted by molar-refractivity contribution is 0.627. The third-order valence-corrected chi connectivity index (χ3v) is 2.81. The second-order valence-corrected chi connectivity index (χ2v) is 4.32. The number of hydrogen-bond acceptors (Lipinski definition) is 2. The lowest BCUT2D eigenvalue weighted by atomic mass is 10.1. The summed E-state index contributed by atoms with van der Waals surface area (Å²) in [6, 6.07) is 11.5. The first-order chi connectivity index (χ1) is 8.60. The Morgan fingerprint density at radius 3 is 2.56 bits per heavy atom. The Morgan fingerprint density at radius 2 is 1.89 bits per heavy atom. The summed E-state index contributed by atoms with van der Waals surface area (Å²) in [4.78, 5) is 0. The predicted octanol–water partition coefficient (Wildman–Crippen LogP) is 4.40. The lowest BCUT2D eigenvalue weighted by Gasteiger charge is -2.10. The molecule has 0 radical (unpaired) electrons. The van der Waals surface area contributed by atoms with Gasteiger partial charge in [-0.15, -0.1) is 0 Å². The SMILES string of the molecule is Cc1ccc(Nc2ccc(F)cc2C#N)c(Cl)c1. The van der Waals surface area contributed by atoms with Gasteiger partial charge in [0.25, 0.3) is 0 Å². The maximum Gasteiger partial charge on any atom is 0.124 e. The number of nitriles is 1. The first kappa shape index (κ1) is 12.4. The summed E-state index contributed by atoms with van der Waals surface area (Å²) in [5.74, 6) is -0.438. The van der Waals surface area contributed by atoms with E-state index in [9.17, 15) is 4.39 Å². The van der Waals surface area contributed by atoms with Crippen molar-refractivity contribution in [3.8, 4) is 6.07 Å². The summed E-state index contributed by atoms with van der Waals surface area (Å²) in [6.45, 7) is 1.94. The molecule has 2 aromatic carbocycles. The van der Waals surface area contributed by atoms with Crippen LogP contribution in [0.3, 0.4) is 0 Å². The monoisotopic (exact) mass is 260 g/mol. The van der Waals surface area contributed by atoms with Crippen LogP contribution in [0.25, 0.3) is 0 Å². The van der Waals surface area contributed by atoms with Crippen LogP contribution in [0.2, 0.25) is 5.02 Å². The molecule has 0 saturated carbocycles. The summed E-state index contributed by atoms with van der Waals surface area (Å²) in [5.41, 5.74) is 2.51. The number of halogens is 2. The van der Waals surface area contributed by atoms with E-state index in [2.05, 4.69) is 5.32 Å². The highest BCUT2D eigenvalue weighted by molar-refractivity contribution is 6.33. The van der Waals surface area contributed by atoms with Crippen LogP contribution in [0.5, 0.6) is 0 Å². The van der Waals surface area contributed by atoms with E-state index >= 15 is 0 Å². The van der Waals surface area contributed by atoms with Crippen LogP contribution < -0.4 is 5.32 Å². The van der Waals surface area contributed by atoms with E-state index in [0.29, 0.717) is 16.4 Å². The van der Waals surface area contributed by atoms with E-state index < -0.39 is 5.82 Å². The number of anilines is 2. The van der Waals surface area contributed by atoms with Crippen molar-refractivity contribution < 1.29 is 4.39 Å². The van der Waals surface area contributed by atoms with E-state index in [4.69, 9.17) is 16.9 Å². The second-order valence-electron chi connectivity index (χ2n) is 3.91. The zero-order valence-electron chi connectivity index (χ0n) is 9.67. The molecule has 2 rings (SSSR count). The fraction of sp³-hybridized carbons (Fsp3) is 0.0714. The molecule has 0 heterocycles. The Kier molecular flexibility index (Phi) is 3.50. The van der Waals surface area contributed by atoms with Gasteiger partial charge in [-0.3, -0.25) is 0 Å². The van der Waals surface area contributed by atoms with Crippen molar-refractivity contribution >= 4 is 23.0 Å². The minimum Gasteiger partial charge on any atom is -0.353 e. The molecule has 4 heteroatoms. The fourth-order valence-electron chi connectivity index (χ4n) is 1.58. The third-order valence-electron chi connectivity index (χ3n) is 2.50. The minimum absolute atomic E-state index is 0.242. The van der Waals surface area contributed by atoms with Crippen molar-refractivity contribution in [1.82, 2.24) is 0 Å². The van der Waals surface area contributed by atoms with Crippen molar-refractivity contribution in [2.45, 2.75) is 6.92 Å². The number of rotatable bonds is 2. The van der Waals surface area contributed by atoms with Crippen LogP contribution in [0.1, 0.15) is 11.1 Å². The first-order valence-electron chi connectivity index (χ1n) is 5.33. The lowest BCUT2D eigenvalue weighted by Crippen LogP contribution is -1.95. The van der Waals surface area contributed by atoms with E-state index in [1.807, 2.05) is 31.2 Å². The number of nitrogens with one attached hydrogen (secondary N) is 1. The molecule has 0 fully saturated rings. The molecule has 90 valence electrons. The molecule has 0 aliphatic rings. The van der Waals surface area contributed by atoms with Gasteiger partial charge in [-0.05, 0) is 42.8 Å². The largest absolute Gasteiger partial charge is 0.353 e. The Balaban J connectivity index is 2.37. The highest BCUT2D eigenvalue weighted by atomic mass is 35.5. The molecule has 0 unspecified atom stereocenters. The van der Waals surface area contributed by atoms with Gasteiger partial charge in [0, 0.05) is 0 Å². The van der Waals surface area contributed by atoms with Crippen LogP contribution in [0.4, 0.5) is 15.8 Å². The van der Waals surface area contributed by atoms with E-state index in [0.717, 1.165) is 5.56 Å². The van der Waals surface area contributed by atoms with Gasteiger partial charge < -0.3 is 5.32 Å². The van der Waals surface area contributed by atoms with Crippen molar-refractivity contribution in [2.24, 2.45) is 0 Å². The van der Waals surface area contributed by atoms with Gasteiger partial charge in [-0.25, -0.2) is 4.39 Å². The molecule has 0 bridgehead atoms. The molecule has 0 atom stereocenters. The molecular weight excluding hydrogens is 251 g/mol. The summed E-state index contributed by atoms with van der Waals surface area (Å²) >= 11 is 6.09. The summed E-state index contributed by atoms with van der Waals surface area (Å²) in [5, 5.41) is 12.5. The van der Waals surface area contributed by atoms with E-state index in [1.54, 1.807) is 0 Å². The van der Waals surface area contributed by atoms with E-state index in [1.165, 1.54) is 18.2 Å². The Bertz CT molecular complexity index is 632. The highest BCUT2D eigenvalue weighted by Crippen LogP contribution is 2.28. The molecule has 2 aromatic rings. The smallest absolute Gasteiger partial charge is 0.124 e. The standard InChI is InChI=1S/C14H10ClFN2/c1-9-2-4-14(12(15)6-9)18-13-5-3-11(16)7-10(13)8-17/h2-7,18H,1H3. The van der Waals surface area contributed by atoms with Crippen molar-refractivity contribution in [3.63, 3.8) is 0 Å². The zero-order valence-corrected chi connectivity index (χ0v) is 10.4.